The quantitative estimate of drug-likeness (QED) is 0.204. The Labute approximate surface area is 246 Å². The van der Waals surface area contributed by atoms with Crippen LogP contribution < -0.4 is 4.74 Å². The van der Waals surface area contributed by atoms with Crippen molar-refractivity contribution >= 4 is 54.6 Å². The Kier molecular flexibility index (Phi) is 4.93. The van der Waals surface area contributed by atoms with Crippen molar-refractivity contribution in [3.05, 3.63) is 127 Å². The van der Waals surface area contributed by atoms with E-state index in [1.807, 2.05) is 55.4 Å². The molecule has 5 aromatic heterocycles. The van der Waals surface area contributed by atoms with Gasteiger partial charge in [0.15, 0.2) is 0 Å². The van der Waals surface area contributed by atoms with E-state index in [4.69, 9.17) is 9.72 Å². The third-order valence-electron chi connectivity index (χ3n) is 8.64. The van der Waals surface area contributed by atoms with Crippen molar-refractivity contribution in [2.75, 3.05) is 0 Å². The summed E-state index contributed by atoms with van der Waals surface area (Å²) in [5.41, 5.74) is 9.06. The topological polar surface area (TPSA) is 56.7 Å². The molecule has 4 aromatic carbocycles. The molecule has 5 heterocycles. The van der Waals surface area contributed by atoms with Crippen LogP contribution in [0.5, 0.6) is 11.5 Å². The zero-order valence-electron chi connectivity index (χ0n) is 23.6. The number of aryl methyl sites for hydroxylation is 2. The van der Waals surface area contributed by atoms with Crippen molar-refractivity contribution in [1.82, 2.24) is 23.8 Å². The van der Waals surface area contributed by atoms with Crippen LogP contribution in [0.4, 0.5) is 0 Å². The molecule has 6 nitrogen and oxygen atoms in total. The van der Waals surface area contributed by atoms with Crippen molar-refractivity contribution in [3.63, 3.8) is 0 Å². The Morgan fingerprint density at radius 1 is 0.558 bits per heavy atom. The van der Waals surface area contributed by atoms with Crippen molar-refractivity contribution < 1.29 is 4.74 Å². The molecule has 6 heteroatoms. The molecule has 9 rings (SSSR count). The first-order chi connectivity index (χ1) is 21.1. The minimum atomic E-state index is 0.748. The molecule has 0 atom stereocenters. The molecule has 0 aliphatic heterocycles. The van der Waals surface area contributed by atoms with Gasteiger partial charge in [0.2, 0.25) is 0 Å². The van der Waals surface area contributed by atoms with Crippen molar-refractivity contribution in [2.45, 2.75) is 13.8 Å². The van der Waals surface area contributed by atoms with Crippen LogP contribution in [0, 0.1) is 13.8 Å². The lowest BCUT2D eigenvalue weighted by atomic mass is 9.94. The first-order valence-corrected chi connectivity index (χ1v) is 14.3. The van der Waals surface area contributed by atoms with Gasteiger partial charge in [0, 0.05) is 58.7 Å². The monoisotopic (exact) mass is 555 g/mol. The Balaban J connectivity index is 1.21. The Bertz CT molecular complexity index is 2560. The molecule has 0 N–H and O–H groups in total. The molecule has 0 radical (unpaired) electrons. The van der Waals surface area contributed by atoms with Gasteiger partial charge in [0.1, 0.15) is 22.8 Å². The lowest BCUT2D eigenvalue weighted by Crippen LogP contribution is -1.94. The van der Waals surface area contributed by atoms with E-state index in [0.29, 0.717) is 0 Å². The SMILES string of the molecule is Cc1cccc(C)c1-c1ccc2c(c1)c1ccc(Oc3ccc4c5cnccc5n5ccnc5c4c3)cc1c1nccn21. The predicted octanol–water partition coefficient (Wildman–Crippen LogP) is 9.07. The van der Waals surface area contributed by atoms with Gasteiger partial charge in [-0.25, -0.2) is 9.97 Å². The van der Waals surface area contributed by atoms with Crippen LogP contribution in [-0.4, -0.2) is 23.8 Å². The number of nitrogens with zero attached hydrogens (tertiary/aromatic N) is 5. The number of hydrogen-bond acceptors (Lipinski definition) is 4. The minimum absolute atomic E-state index is 0.748. The summed E-state index contributed by atoms with van der Waals surface area (Å²) in [6.45, 7) is 4.36. The zero-order chi connectivity index (χ0) is 28.7. The molecule has 204 valence electrons. The van der Waals surface area contributed by atoms with Crippen molar-refractivity contribution in [2.24, 2.45) is 0 Å². The van der Waals surface area contributed by atoms with E-state index in [1.54, 1.807) is 0 Å². The van der Waals surface area contributed by atoms with Gasteiger partial charge in [-0.3, -0.25) is 13.8 Å². The number of benzene rings is 4. The van der Waals surface area contributed by atoms with Crippen LogP contribution in [0.2, 0.25) is 0 Å². The summed E-state index contributed by atoms with van der Waals surface area (Å²) in [6, 6.07) is 27.7. The number of hydrogen-bond donors (Lipinski definition) is 0. The van der Waals surface area contributed by atoms with E-state index in [9.17, 15) is 0 Å². The number of aromatic nitrogens is 5. The molecule has 0 fully saturated rings. The fraction of sp³-hybridized carbons (Fsp3) is 0.0541. The third-order valence-corrected chi connectivity index (χ3v) is 8.64. The zero-order valence-corrected chi connectivity index (χ0v) is 23.6. The molecular weight excluding hydrogens is 530 g/mol. The normalized spacial score (nSPS) is 12.0. The van der Waals surface area contributed by atoms with Gasteiger partial charge in [-0.2, -0.15) is 0 Å². The number of pyridine rings is 3. The van der Waals surface area contributed by atoms with Crippen molar-refractivity contribution in [1.29, 1.82) is 0 Å². The lowest BCUT2D eigenvalue weighted by molar-refractivity contribution is 0.484. The molecule has 0 saturated heterocycles. The highest BCUT2D eigenvalue weighted by Crippen LogP contribution is 2.38. The van der Waals surface area contributed by atoms with Crippen LogP contribution >= 0.6 is 0 Å². The van der Waals surface area contributed by atoms with Crippen LogP contribution in [0.25, 0.3) is 65.8 Å². The number of imidazole rings is 2. The summed E-state index contributed by atoms with van der Waals surface area (Å²) in [6.07, 6.45) is 11.4. The predicted molar refractivity (Wildman–Crippen MR) is 173 cm³/mol. The Morgan fingerprint density at radius 3 is 1.86 bits per heavy atom. The third kappa shape index (κ3) is 3.50. The van der Waals surface area contributed by atoms with E-state index >= 15 is 0 Å². The summed E-state index contributed by atoms with van der Waals surface area (Å²) in [7, 11) is 0. The summed E-state index contributed by atoms with van der Waals surface area (Å²) >= 11 is 0. The smallest absolute Gasteiger partial charge is 0.145 e. The molecule has 0 amide bonds. The van der Waals surface area contributed by atoms with Crippen LogP contribution in [0.1, 0.15) is 11.1 Å². The standard InChI is InChI=1S/C37H25N5O/c1-22-4-3-5-23(2)35(22)24-6-11-33-29(18-24)27-9-7-25(19-30(27)36-39-14-16-41(33)36)43-26-8-10-28-31(20-26)37-40-15-17-42(37)34-12-13-38-21-32(28)34/h3-21H,1-2H3. The van der Waals surface area contributed by atoms with E-state index in [1.165, 1.54) is 27.6 Å². The van der Waals surface area contributed by atoms with Crippen molar-refractivity contribution in [3.8, 4) is 22.6 Å². The molecule has 0 unspecified atom stereocenters. The Morgan fingerprint density at radius 2 is 1.19 bits per heavy atom. The van der Waals surface area contributed by atoms with Crippen LogP contribution in [0.3, 0.4) is 0 Å². The fourth-order valence-electron chi connectivity index (χ4n) is 6.74. The molecule has 43 heavy (non-hydrogen) atoms. The lowest BCUT2D eigenvalue weighted by Gasteiger charge is -2.14. The van der Waals surface area contributed by atoms with Crippen LogP contribution in [0.15, 0.2) is 116 Å². The number of fused-ring (bicyclic) bond motifs is 12. The van der Waals surface area contributed by atoms with Gasteiger partial charge in [0.05, 0.1) is 11.0 Å². The number of ether oxygens (including phenoxy) is 1. The highest BCUT2D eigenvalue weighted by atomic mass is 16.5. The first-order valence-electron chi connectivity index (χ1n) is 14.3. The largest absolute Gasteiger partial charge is 0.457 e. The molecule has 0 bridgehead atoms. The summed E-state index contributed by atoms with van der Waals surface area (Å²) in [5.74, 6) is 1.50. The van der Waals surface area contributed by atoms with E-state index < -0.39 is 0 Å². The summed E-state index contributed by atoms with van der Waals surface area (Å²) in [5, 5.41) is 6.56. The highest BCUT2D eigenvalue weighted by Gasteiger charge is 2.15. The average Bonchev–Trinajstić information content (AvgIpc) is 3.72. The first kappa shape index (κ1) is 23.9. The van der Waals surface area contributed by atoms with E-state index in [-0.39, 0.29) is 0 Å². The maximum absolute atomic E-state index is 6.50. The maximum Gasteiger partial charge on any atom is 0.145 e. The second kappa shape index (κ2) is 8.87. The molecule has 0 aliphatic rings. The van der Waals surface area contributed by atoms with Gasteiger partial charge in [-0.15, -0.1) is 0 Å². The van der Waals surface area contributed by atoms with E-state index in [2.05, 4.69) is 93.3 Å². The van der Waals surface area contributed by atoms with Gasteiger partial charge in [-0.1, -0.05) is 24.3 Å². The molecular formula is C37H25N5O. The molecule has 0 spiro atoms. The number of rotatable bonds is 3. The summed E-state index contributed by atoms with van der Waals surface area (Å²) in [4.78, 5) is 13.8. The fourth-order valence-corrected chi connectivity index (χ4v) is 6.74. The molecule has 0 aliphatic carbocycles. The second-order valence-corrected chi connectivity index (χ2v) is 11.2. The average molecular weight is 556 g/mol. The van der Waals surface area contributed by atoms with Crippen LogP contribution in [-0.2, 0) is 0 Å². The second-order valence-electron chi connectivity index (χ2n) is 11.2. The van der Waals surface area contributed by atoms with Gasteiger partial charge in [-0.05, 0) is 101 Å². The van der Waals surface area contributed by atoms with Gasteiger partial charge in [0.25, 0.3) is 0 Å². The molecule has 9 aromatic rings. The van der Waals surface area contributed by atoms with E-state index in [0.717, 1.165) is 60.8 Å². The summed E-state index contributed by atoms with van der Waals surface area (Å²) < 4.78 is 10.8. The van der Waals surface area contributed by atoms with Gasteiger partial charge >= 0.3 is 0 Å². The Hall–Kier alpha value is -5.75. The minimum Gasteiger partial charge on any atom is -0.457 e. The van der Waals surface area contributed by atoms with Gasteiger partial charge < -0.3 is 4.74 Å². The molecule has 0 saturated carbocycles. The highest BCUT2D eigenvalue weighted by molar-refractivity contribution is 6.13. The maximum atomic E-state index is 6.50.